The average Bonchev–Trinajstić information content (AvgIpc) is 2.85. The summed E-state index contributed by atoms with van der Waals surface area (Å²) in [5, 5.41) is 2.00. The van der Waals surface area contributed by atoms with Crippen LogP contribution in [0, 0.1) is 27.7 Å². The molecule has 122 valence electrons. The van der Waals surface area contributed by atoms with Crippen LogP contribution in [0.2, 0.25) is 0 Å². The van der Waals surface area contributed by atoms with E-state index in [1.165, 1.54) is 0 Å². The van der Waals surface area contributed by atoms with Crippen LogP contribution in [-0.4, -0.2) is 28.4 Å². The number of imide groups is 1. The Hall–Kier alpha value is -2.24. The number of hydrogen-bond acceptors (Lipinski definition) is 3. The second-order valence-corrected chi connectivity index (χ2v) is 6.38. The second-order valence-electron chi connectivity index (χ2n) is 6.38. The highest BCUT2D eigenvalue weighted by molar-refractivity contribution is 6.07. The van der Waals surface area contributed by atoms with Crippen molar-refractivity contribution < 1.29 is 18.8 Å². The van der Waals surface area contributed by atoms with Gasteiger partial charge in [-0.15, -0.1) is 0 Å². The van der Waals surface area contributed by atoms with E-state index in [9.17, 15) is 14.4 Å². The molecule has 0 aromatic heterocycles. The Morgan fingerprint density at radius 3 is 2.22 bits per heavy atom. The minimum atomic E-state index is -2.47. The van der Waals surface area contributed by atoms with Crippen LogP contribution in [0.15, 0.2) is 0 Å². The predicted octanol–water partition coefficient (Wildman–Crippen LogP) is 1.98. The van der Waals surface area contributed by atoms with Crippen molar-refractivity contribution in [2.75, 3.05) is 0 Å². The lowest BCUT2D eigenvalue weighted by molar-refractivity contribution is -0.154. The summed E-state index contributed by atoms with van der Waals surface area (Å²) in [5.74, 6) is -4.49. The molecule has 1 atom stereocenters. The normalized spacial score (nSPS) is 24.0. The summed E-state index contributed by atoms with van der Waals surface area (Å²) in [6.07, 6.45) is -0.411. The van der Waals surface area contributed by atoms with Crippen molar-refractivity contribution in [2.24, 2.45) is 0 Å². The Balaban J connectivity index is 2.08. The van der Waals surface area contributed by atoms with Gasteiger partial charge < -0.3 is 0 Å². The number of piperidine rings is 1. The van der Waals surface area contributed by atoms with E-state index in [2.05, 4.69) is 0 Å². The van der Waals surface area contributed by atoms with E-state index in [4.69, 9.17) is 0 Å². The van der Waals surface area contributed by atoms with Crippen molar-refractivity contribution in [2.45, 2.75) is 52.9 Å². The number of benzene rings is 1. The largest absolute Gasteiger partial charge is 0.294 e. The summed E-state index contributed by atoms with van der Waals surface area (Å²) in [6.45, 7) is 7.72. The van der Waals surface area contributed by atoms with Gasteiger partial charge in [-0.3, -0.25) is 24.6 Å². The Bertz CT molecular complexity index is 772. The number of amides is 3. The van der Waals surface area contributed by atoms with Gasteiger partial charge in [0, 0.05) is 18.4 Å². The first-order valence-corrected chi connectivity index (χ1v) is 7.63. The maximum absolute atomic E-state index is 15.3. The van der Waals surface area contributed by atoms with E-state index >= 15 is 4.39 Å². The van der Waals surface area contributed by atoms with Crippen LogP contribution in [0.1, 0.15) is 51.0 Å². The molecule has 0 radical (unpaired) electrons. The lowest BCUT2D eigenvalue weighted by atomic mass is 9.90. The number of fused-ring (bicyclic) bond motifs is 1. The monoisotopic (exact) mass is 318 g/mol. The van der Waals surface area contributed by atoms with Crippen molar-refractivity contribution in [1.82, 2.24) is 10.2 Å². The molecule has 1 unspecified atom stereocenters. The van der Waals surface area contributed by atoms with Crippen LogP contribution in [0.4, 0.5) is 4.39 Å². The Labute approximate surface area is 133 Å². The molecule has 1 aromatic rings. The molecule has 5 nitrogen and oxygen atoms in total. The topological polar surface area (TPSA) is 66.5 Å². The highest BCUT2D eigenvalue weighted by atomic mass is 19.1. The fourth-order valence-electron chi connectivity index (χ4n) is 3.46. The smallest absolute Gasteiger partial charge is 0.285 e. The summed E-state index contributed by atoms with van der Waals surface area (Å²) >= 11 is 0. The molecule has 2 aliphatic heterocycles. The lowest BCUT2D eigenvalue weighted by Crippen LogP contribution is -2.60. The minimum Gasteiger partial charge on any atom is -0.294 e. The van der Waals surface area contributed by atoms with Gasteiger partial charge in [0.25, 0.3) is 17.6 Å². The van der Waals surface area contributed by atoms with Gasteiger partial charge in [-0.1, -0.05) is 0 Å². The molecule has 0 saturated carbocycles. The number of alkyl halides is 1. The van der Waals surface area contributed by atoms with E-state index < -0.39 is 23.5 Å². The lowest BCUT2D eigenvalue weighted by Gasteiger charge is -2.35. The van der Waals surface area contributed by atoms with Crippen LogP contribution in [0.25, 0.3) is 0 Å². The minimum absolute atomic E-state index is 0.0556. The van der Waals surface area contributed by atoms with E-state index in [1.807, 2.05) is 33.0 Å². The Morgan fingerprint density at radius 1 is 1.00 bits per heavy atom. The van der Waals surface area contributed by atoms with Gasteiger partial charge in [-0.05, 0) is 55.5 Å². The number of carbonyl (C=O) groups is 3. The SMILES string of the molecule is Cc1c(C)c(C)c2c(c1C)CN(C1(F)CCC(=O)NC1=O)C2=O. The molecule has 6 heteroatoms. The molecule has 1 fully saturated rings. The molecule has 0 bridgehead atoms. The molecule has 1 saturated heterocycles. The average molecular weight is 318 g/mol. The van der Waals surface area contributed by atoms with Gasteiger partial charge in [0.1, 0.15) is 0 Å². The number of hydrogen-bond donors (Lipinski definition) is 1. The van der Waals surface area contributed by atoms with E-state index in [0.717, 1.165) is 32.7 Å². The third-order valence-electron chi connectivity index (χ3n) is 5.30. The Morgan fingerprint density at radius 2 is 1.61 bits per heavy atom. The van der Waals surface area contributed by atoms with Crippen molar-refractivity contribution in [3.05, 3.63) is 33.4 Å². The van der Waals surface area contributed by atoms with Crippen LogP contribution < -0.4 is 5.32 Å². The van der Waals surface area contributed by atoms with Gasteiger partial charge in [0.15, 0.2) is 0 Å². The molecule has 1 aromatic carbocycles. The summed E-state index contributed by atoms with van der Waals surface area (Å²) in [5.41, 5.74) is 5.13. The molecule has 0 aliphatic carbocycles. The summed E-state index contributed by atoms with van der Waals surface area (Å²) in [6, 6.07) is 0. The molecule has 3 amide bonds. The van der Waals surface area contributed by atoms with Crippen molar-refractivity contribution in [1.29, 1.82) is 0 Å². The van der Waals surface area contributed by atoms with Crippen LogP contribution in [0.3, 0.4) is 0 Å². The highest BCUT2D eigenvalue weighted by Gasteiger charge is 2.53. The summed E-state index contributed by atoms with van der Waals surface area (Å²) in [7, 11) is 0. The van der Waals surface area contributed by atoms with Crippen molar-refractivity contribution in [3.8, 4) is 0 Å². The van der Waals surface area contributed by atoms with Gasteiger partial charge in [-0.2, -0.15) is 0 Å². The van der Waals surface area contributed by atoms with Gasteiger partial charge in [-0.25, -0.2) is 4.39 Å². The summed E-state index contributed by atoms with van der Waals surface area (Å²) < 4.78 is 15.3. The van der Waals surface area contributed by atoms with Gasteiger partial charge >= 0.3 is 0 Å². The molecular formula is C17H19FN2O3. The van der Waals surface area contributed by atoms with Crippen LogP contribution >= 0.6 is 0 Å². The first-order chi connectivity index (χ1) is 10.7. The number of nitrogens with zero attached hydrogens (tertiary/aromatic N) is 1. The zero-order valence-electron chi connectivity index (χ0n) is 13.7. The maximum Gasteiger partial charge on any atom is 0.285 e. The number of halogens is 1. The fraction of sp³-hybridized carbons (Fsp3) is 0.471. The van der Waals surface area contributed by atoms with Gasteiger partial charge in [0.05, 0.1) is 6.54 Å². The molecule has 2 heterocycles. The predicted molar refractivity (Wildman–Crippen MR) is 81.5 cm³/mol. The van der Waals surface area contributed by atoms with Crippen molar-refractivity contribution >= 4 is 17.7 Å². The molecule has 0 spiro atoms. The molecule has 2 aliphatic rings. The number of rotatable bonds is 1. The standard InChI is InChI=1S/C17H19FN2O3/c1-8-9(2)11(4)14-12(10(8)3)7-20(15(14)22)17(18)6-5-13(21)19-16(17)23/h5-7H2,1-4H3,(H,19,21,23). The van der Waals surface area contributed by atoms with Crippen LogP contribution in [0.5, 0.6) is 0 Å². The zero-order chi connectivity index (χ0) is 17.1. The van der Waals surface area contributed by atoms with Gasteiger partial charge in [0.2, 0.25) is 5.91 Å². The number of carbonyl (C=O) groups excluding carboxylic acids is 3. The maximum atomic E-state index is 15.3. The quantitative estimate of drug-likeness (QED) is 0.636. The second kappa shape index (κ2) is 4.88. The molecule has 1 N–H and O–H groups in total. The molecular weight excluding hydrogens is 299 g/mol. The molecule has 23 heavy (non-hydrogen) atoms. The summed E-state index contributed by atoms with van der Waals surface area (Å²) in [4.78, 5) is 37.0. The third kappa shape index (κ3) is 2.00. The Kier molecular flexibility index (Phi) is 3.32. The first-order valence-electron chi connectivity index (χ1n) is 7.63. The fourth-order valence-corrected chi connectivity index (χ4v) is 3.46. The van der Waals surface area contributed by atoms with Crippen molar-refractivity contribution in [3.63, 3.8) is 0 Å². The van der Waals surface area contributed by atoms with Crippen LogP contribution in [-0.2, 0) is 16.1 Å². The van der Waals surface area contributed by atoms with E-state index in [1.54, 1.807) is 0 Å². The molecule has 3 rings (SSSR count). The first kappa shape index (κ1) is 15.6. The third-order valence-corrected chi connectivity index (χ3v) is 5.30. The highest BCUT2D eigenvalue weighted by Crippen LogP contribution is 2.39. The zero-order valence-corrected chi connectivity index (χ0v) is 13.7. The van der Waals surface area contributed by atoms with E-state index in [0.29, 0.717) is 5.56 Å². The number of nitrogens with one attached hydrogen (secondary N) is 1. The van der Waals surface area contributed by atoms with E-state index in [-0.39, 0.29) is 19.4 Å².